The topological polar surface area (TPSA) is 179 Å². The highest BCUT2D eigenvalue weighted by Gasteiger charge is 2.24. The number of hydrogen-bond donors (Lipinski definition) is 2. The van der Waals surface area contributed by atoms with E-state index in [9.17, 15) is 21.0 Å². The first kappa shape index (κ1) is 38.4. The average molecular weight is 877 g/mol. The summed E-state index contributed by atoms with van der Waals surface area (Å²) in [5.41, 5.74) is 2.43. The van der Waals surface area contributed by atoms with Crippen molar-refractivity contribution in [3.63, 3.8) is 0 Å². The van der Waals surface area contributed by atoms with E-state index in [1.54, 1.807) is 85.0 Å². The Morgan fingerprint density at radius 2 is 0.776 bits per heavy atom. The Bertz CT molecular complexity index is 3060. The minimum atomic E-state index is -0.259. The van der Waals surface area contributed by atoms with Gasteiger partial charge in [0.25, 0.3) is 0 Å². The van der Waals surface area contributed by atoms with Crippen molar-refractivity contribution >= 4 is 128 Å². The van der Waals surface area contributed by atoms with Gasteiger partial charge >= 0.3 is 0 Å². The number of nitrogens with one attached hydrogen (secondary N) is 2. The molecule has 6 heterocycles. The zero-order chi connectivity index (χ0) is 40.8. The number of aromatic nitrogens is 4. The molecule has 9 rings (SSSR count). The van der Waals surface area contributed by atoms with Crippen LogP contribution in [-0.2, 0) is 0 Å². The molecule has 0 amide bonds. The number of aromatic amines is 2. The van der Waals surface area contributed by atoms with Gasteiger partial charge < -0.3 is 18.8 Å². The van der Waals surface area contributed by atoms with E-state index in [1.165, 1.54) is 0 Å². The maximum atomic E-state index is 10.5. The van der Waals surface area contributed by atoms with Gasteiger partial charge in [-0.3, -0.25) is 0 Å². The van der Waals surface area contributed by atoms with Gasteiger partial charge in [0.2, 0.25) is 0 Å². The standard InChI is InChI=1S/C42H16Cl6N8O2/c43-23-3-1-4-24(44)35(23)37-29-9-7-27(53-29)19(15-49)20(16-50)28-8-10-30(54-28)38(36-25(45)5-2-6-26(36)46)32-12-14-34(56-32)58-42-22(18-52)21(17-51)41(39(47)40(42)48)57-33-13-11-31(37)55-33/h1-14,55-56H. The zero-order valence-corrected chi connectivity index (χ0v) is 33.4. The lowest BCUT2D eigenvalue weighted by atomic mass is 10.0. The summed E-state index contributed by atoms with van der Waals surface area (Å²) in [7, 11) is 0. The van der Waals surface area contributed by atoms with Gasteiger partial charge in [0.15, 0.2) is 22.6 Å². The molecule has 0 aliphatic carbocycles. The van der Waals surface area contributed by atoms with E-state index in [-0.39, 0.29) is 86.4 Å². The molecule has 278 valence electrons. The number of fused-ring (bicyclic) bond motifs is 3. The number of H-pyrrole nitrogens is 2. The summed E-state index contributed by atoms with van der Waals surface area (Å²) in [6.45, 7) is 0. The van der Waals surface area contributed by atoms with Crippen molar-refractivity contribution in [1.82, 2.24) is 19.9 Å². The second-order valence-electron chi connectivity index (χ2n) is 12.3. The van der Waals surface area contributed by atoms with Crippen molar-refractivity contribution in [2.75, 3.05) is 0 Å². The first-order chi connectivity index (χ1) is 28.1. The number of benzene rings is 3. The fraction of sp³-hybridized carbons (Fsp3) is 0. The molecule has 0 saturated carbocycles. The van der Waals surface area contributed by atoms with Crippen molar-refractivity contribution in [1.29, 1.82) is 21.0 Å². The zero-order valence-electron chi connectivity index (χ0n) is 28.9. The highest BCUT2D eigenvalue weighted by Crippen LogP contribution is 2.42. The number of rotatable bonds is 2. The van der Waals surface area contributed by atoms with Gasteiger partial charge in [-0.25, -0.2) is 9.97 Å². The van der Waals surface area contributed by atoms with E-state index in [2.05, 4.69) is 22.1 Å². The maximum Gasteiger partial charge on any atom is 0.198 e. The highest BCUT2D eigenvalue weighted by molar-refractivity contribution is 6.46. The second-order valence-corrected chi connectivity index (χ2v) is 14.7. The Balaban J connectivity index is 1.62. The van der Waals surface area contributed by atoms with Crippen molar-refractivity contribution in [2.45, 2.75) is 0 Å². The van der Waals surface area contributed by atoms with Gasteiger partial charge in [-0.05, 0) is 60.7 Å². The Hall–Kier alpha value is -6.44. The fourth-order valence-electron chi connectivity index (χ4n) is 6.47. The smallest absolute Gasteiger partial charge is 0.198 e. The maximum absolute atomic E-state index is 10.5. The average Bonchev–Trinajstić information content (AvgIpc) is 4.05. The van der Waals surface area contributed by atoms with E-state index < -0.39 is 0 Å². The monoisotopic (exact) mass is 874 g/mol. The molecule has 0 fully saturated rings. The minimum absolute atomic E-state index is 0.0552. The van der Waals surface area contributed by atoms with E-state index in [0.29, 0.717) is 44.7 Å². The molecule has 0 spiro atoms. The Morgan fingerprint density at radius 1 is 0.431 bits per heavy atom. The normalized spacial score (nSPS) is 11.4. The quantitative estimate of drug-likeness (QED) is 0.172. The van der Waals surface area contributed by atoms with Crippen LogP contribution in [0.15, 0.2) is 69.5 Å². The molecule has 2 aliphatic heterocycles. The predicted octanol–water partition coefficient (Wildman–Crippen LogP) is 13.4. The van der Waals surface area contributed by atoms with Gasteiger partial charge in [0.05, 0.1) is 65.0 Å². The van der Waals surface area contributed by atoms with Gasteiger partial charge in [-0.2, -0.15) is 21.0 Å². The van der Waals surface area contributed by atoms with Gasteiger partial charge in [-0.1, -0.05) is 81.7 Å². The van der Waals surface area contributed by atoms with Gasteiger partial charge in [-0.15, -0.1) is 0 Å². The third-order valence-corrected chi connectivity index (χ3v) is 11.1. The lowest BCUT2D eigenvalue weighted by molar-refractivity contribution is 0.632. The van der Waals surface area contributed by atoms with E-state index in [1.807, 2.05) is 12.1 Å². The lowest BCUT2D eigenvalue weighted by Crippen LogP contribution is -1.93. The summed E-state index contributed by atoms with van der Waals surface area (Å²) in [5, 5.41) is 42.4. The molecule has 0 unspecified atom stereocenters. The van der Waals surface area contributed by atoms with Crippen LogP contribution in [0.2, 0.25) is 30.1 Å². The molecular formula is C42H16Cl6N8O2. The molecule has 16 heteroatoms. The summed E-state index contributed by atoms with van der Waals surface area (Å²) in [4.78, 5) is 15.9. The molecule has 7 aromatic rings. The van der Waals surface area contributed by atoms with Crippen LogP contribution in [0.3, 0.4) is 0 Å². The number of nitrogens with zero attached hydrogens (tertiary/aromatic N) is 6. The molecule has 58 heavy (non-hydrogen) atoms. The van der Waals surface area contributed by atoms with Crippen molar-refractivity contribution in [3.8, 4) is 46.5 Å². The van der Waals surface area contributed by atoms with Crippen LogP contribution in [0, 0.1) is 45.3 Å². The summed E-state index contributed by atoms with van der Waals surface area (Å²) < 4.78 is 12.3. The summed E-state index contributed by atoms with van der Waals surface area (Å²) >= 11 is 40.6. The highest BCUT2D eigenvalue weighted by atomic mass is 35.5. The van der Waals surface area contributed by atoms with E-state index >= 15 is 0 Å². The summed E-state index contributed by atoms with van der Waals surface area (Å²) in [6.07, 6.45) is 6.47. The lowest BCUT2D eigenvalue weighted by Gasteiger charge is -2.09. The van der Waals surface area contributed by atoms with Crippen LogP contribution in [0.5, 0.6) is 0 Å². The molecule has 0 saturated heterocycles. The third kappa shape index (κ3) is 6.55. The third-order valence-electron chi connectivity index (χ3n) is 9.00. The van der Waals surface area contributed by atoms with Gasteiger partial charge in [0.1, 0.15) is 45.4 Å². The fourth-order valence-corrected chi connectivity index (χ4v) is 8.08. The minimum Gasteiger partial charge on any atom is -0.438 e. The molecule has 0 radical (unpaired) electrons. The number of nitriles is 4. The molecule has 0 atom stereocenters. The van der Waals surface area contributed by atoms with Crippen molar-refractivity contribution in [3.05, 3.63) is 136 Å². The van der Waals surface area contributed by atoms with Crippen LogP contribution >= 0.6 is 69.6 Å². The van der Waals surface area contributed by atoms with Crippen molar-refractivity contribution < 1.29 is 8.83 Å². The molecule has 10 nitrogen and oxygen atoms in total. The molecule has 10 bridgehead atoms. The Labute approximate surface area is 357 Å². The molecule has 3 aromatic carbocycles. The van der Waals surface area contributed by atoms with Crippen LogP contribution in [0.1, 0.15) is 45.0 Å². The second kappa shape index (κ2) is 15.5. The molecule has 4 aromatic heterocycles. The SMILES string of the molecule is N#Cc1c2nc(c(-c3c(Cl)cccc3Cl)c3ccc([nH]3)oc3c(Cl)c(Cl)c(oc4ccc([nH]4)c(-c4c(Cl)cccc4Cl)c4nc(c1C#N)C=C4)c(C#N)c3C#N)C=C2. The van der Waals surface area contributed by atoms with Crippen LogP contribution in [0.4, 0.5) is 0 Å². The summed E-state index contributed by atoms with van der Waals surface area (Å²) in [6, 6.07) is 24.6. The predicted molar refractivity (Wildman–Crippen MR) is 227 cm³/mol. The Kier molecular flexibility index (Phi) is 10.3. The van der Waals surface area contributed by atoms with Gasteiger partial charge in [0, 0.05) is 34.4 Å². The number of hydrogen-bond acceptors (Lipinski definition) is 8. The Morgan fingerprint density at radius 3 is 1.12 bits per heavy atom. The molecule has 2 N–H and O–H groups in total. The summed E-state index contributed by atoms with van der Waals surface area (Å²) in [5.74, 6) is 0. The van der Waals surface area contributed by atoms with Crippen LogP contribution < -0.4 is 0 Å². The van der Waals surface area contributed by atoms with Crippen molar-refractivity contribution in [2.24, 2.45) is 0 Å². The van der Waals surface area contributed by atoms with E-state index in [0.717, 1.165) is 0 Å². The van der Waals surface area contributed by atoms with Crippen LogP contribution in [-0.4, -0.2) is 19.9 Å². The number of halogens is 6. The molecule has 2 aliphatic rings. The first-order valence-corrected chi connectivity index (χ1v) is 18.9. The van der Waals surface area contributed by atoms with E-state index in [4.69, 9.17) is 88.4 Å². The largest absolute Gasteiger partial charge is 0.438 e. The first-order valence-electron chi connectivity index (χ1n) is 16.6. The molecular weight excluding hydrogens is 861 g/mol. The van der Waals surface area contributed by atoms with Crippen LogP contribution in [0.25, 0.3) is 80.2 Å².